The molecule has 1 rings (SSSR count). The number of rotatable bonds is 6. The number of hydrogen-bond donors (Lipinski definition) is 1. The Morgan fingerprint density at radius 3 is 2.79 bits per heavy atom. The van der Waals surface area contributed by atoms with Gasteiger partial charge in [0.1, 0.15) is 0 Å². The van der Waals surface area contributed by atoms with Gasteiger partial charge < -0.3 is 10.1 Å². The van der Waals surface area contributed by atoms with Crippen LogP contribution in [0.1, 0.15) is 52.9 Å². The Morgan fingerprint density at radius 2 is 2.14 bits per heavy atom. The second-order valence-electron chi connectivity index (χ2n) is 4.37. The zero-order chi connectivity index (χ0) is 10.4. The van der Waals surface area contributed by atoms with Gasteiger partial charge >= 0.3 is 0 Å². The number of hydrogen-bond acceptors (Lipinski definition) is 2. The van der Waals surface area contributed by atoms with Crippen LogP contribution in [0.25, 0.3) is 0 Å². The normalized spacial score (nSPS) is 29.4. The second kappa shape index (κ2) is 6.41. The third-order valence-electron chi connectivity index (χ3n) is 3.02. The Balaban J connectivity index is 2.27. The average molecular weight is 199 g/mol. The standard InChI is InChI=1S/C12H25NO/c1-4-7-10(3)14-12-9-6-8-11(12)13-5-2/h10-13H,4-9H2,1-3H3. The highest BCUT2D eigenvalue weighted by Crippen LogP contribution is 2.24. The van der Waals surface area contributed by atoms with E-state index >= 15 is 0 Å². The Labute approximate surface area is 88.4 Å². The van der Waals surface area contributed by atoms with Crippen LogP contribution in [-0.2, 0) is 4.74 Å². The van der Waals surface area contributed by atoms with Crippen LogP contribution < -0.4 is 5.32 Å². The zero-order valence-electron chi connectivity index (χ0n) is 9.88. The molecule has 0 amide bonds. The molecule has 2 heteroatoms. The van der Waals surface area contributed by atoms with Crippen LogP contribution in [0.5, 0.6) is 0 Å². The minimum absolute atomic E-state index is 0.434. The fourth-order valence-corrected chi connectivity index (χ4v) is 2.36. The summed E-state index contributed by atoms with van der Waals surface area (Å²) in [6, 6.07) is 0.610. The second-order valence-corrected chi connectivity index (χ2v) is 4.37. The van der Waals surface area contributed by atoms with Gasteiger partial charge in [-0.25, -0.2) is 0 Å². The summed E-state index contributed by atoms with van der Waals surface area (Å²) in [5.74, 6) is 0. The molecule has 2 nitrogen and oxygen atoms in total. The van der Waals surface area contributed by atoms with Gasteiger partial charge in [0.2, 0.25) is 0 Å². The first-order chi connectivity index (χ1) is 6.77. The summed E-state index contributed by atoms with van der Waals surface area (Å²) in [4.78, 5) is 0. The van der Waals surface area contributed by atoms with Crippen LogP contribution in [0.4, 0.5) is 0 Å². The van der Waals surface area contributed by atoms with Crippen molar-refractivity contribution in [1.29, 1.82) is 0 Å². The molecule has 0 saturated heterocycles. The summed E-state index contributed by atoms with van der Waals surface area (Å²) in [6.07, 6.45) is 7.17. The van der Waals surface area contributed by atoms with Gasteiger partial charge in [-0.3, -0.25) is 0 Å². The highest BCUT2D eigenvalue weighted by atomic mass is 16.5. The molecule has 0 aromatic carbocycles. The van der Waals surface area contributed by atoms with Gasteiger partial charge in [-0.2, -0.15) is 0 Å². The quantitative estimate of drug-likeness (QED) is 0.710. The van der Waals surface area contributed by atoms with Crippen molar-refractivity contribution in [2.45, 2.75) is 71.1 Å². The van der Waals surface area contributed by atoms with Gasteiger partial charge in [0.25, 0.3) is 0 Å². The van der Waals surface area contributed by atoms with Crippen molar-refractivity contribution in [3.8, 4) is 0 Å². The minimum Gasteiger partial charge on any atom is -0.374 e. The smallest absolute Gasteiger partial charge is 0.0731 e. The first-order valence-corrected chi connectivity index (χ1v) is 6.16. The molecular weight excluding hydrogens is 174 g/mol. The summed E-state index contributed by atoms with van der Waals surface area (Å²) in [7, 11) is 0. The molecule has 84 valence electrons. The van der Waals surface area contributed by atoms with E-state index in [-0.39, 0.29) is 0 Å². The molecule has 0 heterocycles. The van der Waals surface area contributed by atoms with Gasteiger partial charge in [-0.15, -0.1) is 0 Å². The van der Waals surface area contributed by atoms with E-state index in [9.17, 15) is 0 Å². The Bertz CT molecular complexity index is 149. The predicted octanol–water partition coefficient (Wildman–Crippen LogP) is 2.72. The number of likely N-dealkylation sites (N-methyl/N-ethyl adjacent to an activating group) is 1. The van der Waals surface area contributed by atoms with Crippen LogP contribution in [-0.4, -0.2) is 24.8 Å². The van der Waals surface area contributed by atoms with E-state index in [1.165, 1.54) is 32.1 Å². The van der Waals surface area contributed by atoms with E-state index in [4.69, 9.17) is 4.74 Å². The topological polar surface area (TPSA) is 21.3 Å². The monoisotopic (exact) mass is 199 g/mol. The van der Waals surface area contributed by atoms with Crippen molar-refractivity contribution in [2.24, 2.45) is 0 Å². The number of nitrogens with one attached hydrogen (secondary N) is 1. The van der Waals surface area contributed by atoms with Crippen LogP contribution in [0.3, 0.4) is 0 Å². The molecule has 1 fully saturated rings. The van der Waals surface area contributed by atoms with Crippen molar-refractivity contribution >= 4 is 0 Å². The Kier molecular flexibility index (Phi) is 5.49. The fourth-order valence-electron chi connectivity index (χ4n) is 2.36. The maximum Gasteiger partial charge on any atom is 0.0731 e. The van der Waals surface area contributed by atoms with E-state index < -0.39 is 0 Å². The van der Waals surface area contributed by atoms with Crippen molar-refractivity contribution in [2.75, 3.05) is 6.54 Å². The van der Waals surface area contributed by atoms with E-state index in [1.807, 2.05) is 0 Å². The first-order valence-electron chi connectivity index (χ1n) is 6.16. The van der Waals surface area contributed by atoms with Crippen molar-refractivity contribution in [3.05, 3.63) is 0 Å². The average Bonchev–Trinajstić information content (AvgIpc) is 2.54. The molecule has 1 N–H and O–H groups in total. The molecule has 1 aliphatic rings. The SMILES string of the molecule is CCCC(C)OC1CCCC1NCC. The third kappa shape index (κ3) is 3.58. The molecule has 1 saturated carbocycles. The molecule has 3 unspecified atom stereocenters. The fraction of sp³-hybridized carbons (Fsp3) is 1.00. The van der Waals surface area contributed by atoms with E-state index in [2.05, 4.69) is 26.1 Å². The highest BCUT2D eigenvalue weighted by Gasteiger charge is 2.28. The summed E-state index contributed by atoms with van der Waals surface area (Å²) >= 11 is 0. The van der Waals surface area contributed by atoms with Crippen molar-refractivity contribution in [3.63, 3.8) is 0 Å². The molecule has 14 heavy (non-hydrogen) atoms. The Hall–Kier alpha value is -0.0800. The van der Waals surface area contributed by atoms with Gasteiger partial charge in [0.05, 0.1) is 12.2 Å². The van der Waals surface area contributed by atoms with Crippen LogP contribution in [0, 0.1) is 0 Å². The Morgan fingerprint density at radius 1 is 1.36 bits per heavy atom. The lowest BCUT2D eigenvalue weighted by molar-refractivity contribution is -0.0154. The van der Waals surface area contributed by atoms with Gasteiger partial charge in [0, 0.05) is 6.04 Å². The highest BCUT2D eigenvalue weighted by molar-refractivity contribution is 4.84. The molecule has 0 spiro atoms. The largest absolute Gasteiger partial charge is 0.374 e. The van der Waals surface area contributed by atoms with Gasteiger partial charge in [-0.05, 0) is 39.2 Å². The van der Waals surface area contributed by atoms with E-state index in [1.54, 1.807) is 0 Å². The van der Waals surface area contributed by atoms with Crippen LogP contribution in [0.2, 0.25) is 0 Å². The summed E-state index contributed by atoms with van der Waals surface area (Å²) in [5.41, 5.74) is 0. The summed E-state index contributed by atoms with van der Waals surface area (Å²) < 4.78 is 6.05. The first kappa shape index (κ1) is 12.0. The van der Waals surface area contributed by atoms with Gasteiger partial charge in [-0.1, -0.05) is 20.3 Å². The third-order valence-corrected chi connectivity index (χ3v) is 3.02. The van der Waals surface area contributed by atoms with E-state index in [0.717, 1.165) is 6.54 Å². The molecular formula is C12H25NO. The molecule has 1 aliphatic carbocycles. The maximum atomic E-state index is 6.05. The van der Waals surface area contributed by atoms with Gasteiger partial charge in [0.15, 0.2) is 0 Å². The number of ether oxygens (including phenoxy) is 1. The lowest BCUT2D eigenvalue weighted by Gasteiger charge is -2.24. The maximum absolute atomic E-state index is 6.05. The zero-order valence-corrected chi connectivity index (χ0v) is 9.88. The molecule has 0 bridgehead atoms. The predicted molar refractivity (Wildman–Crippen MR) is 60.6 cm³/mol. The molecule has 0 radical (unpaired) electrons. The molecule has 0 aromatic rings. The minimum atomic E-state index is 0.434. The van der Waals surface area contributed by atoms with E-state index in [0.29, 0.717) is 18.2 Å². The molecule has 3 atom stereocenters. The molecule has 0 aromatic heterocycles. The lowest BCUT2D eigenvalue weighted by Crippen LogP contribution is -2.38. The van der Waals surface area contributed by atoms with Crippen molar-refractivity contribution in [1.82, 2.24) is 5.32 Å². The van der Waals surface area contributed by atoms with Crippen molar-refractivity contribution < 1.29 is 4.74 Å². The van der Waals surface area contributed by atoms with Crippen LogP contribution in [0.15, 0.2) is 0 Å². The summed E-state index contributed by atoms with van der Waals surface area (Å²) in [6.45, 7) is 7.65. The lowest BCUT2D eigenvalue weighted by atomic mass is 10.2. The summed E-state index contributed by atoms with van der Waals surface area (Å²) in [5, 5.41) is 3.52. The van der Waals surface area contributed by atoms with Crippen LogP contribution >= 0.6 is 0 Å². The molecule has 0 aliphatic heterocycles.